The highest BCUT2D eigenvalue weighted by molar-refractivity contribution is 9.10. The molecule has 2 rings (SSSR count). The molecule has 0 amide bonds. The predicted octanol–water partition coefficient (Wildman–Crippen LogP) is 2.51. The summed E-state index contributed by atoms with van der Waals surface area (Å²) in [4.78, 5) is 2.04. The molecule has 0 spiro atoms. The Bertz CT molecular complexity index is 484. The van der Waals surface area contributed by atoms with E-state index in [1.807, 2.05) is 18.0 Å². The van der Waals surface area contributed by atoms with Crippen LogP contribution < -0.4 is 10.2 Å². The molecule has 1 unspecified atom stereocenters. The molecule has 0 radical (unpaired) electrons. The summed E-state index contributed by atoms with van der Waals surface area (Å²) in [5.41, 5.74) is 0.918. The van der Waals surface area contributed by atoms with E-state index in [1.54, 1.807) is 12.1 Å². The summed E-state index contributed by atoms with van der Waals surface area (Å²) < 4.78 is 14.4. The highest BCUT2D eigenvalue weighted by Crippen LogP contribution is 2.32. The van der Waals surface area contributed by atoms with Crippen molar-refractivity contribution in [2.45, 2.75) is 6.42 Å². The van der Waals surface area contributed by atoms with Crippen LogP contribution in [0.3, 0.4) is 0 Å². The summed E-state index contributed by atoms with van der Waals surface area (Å²) >= 11 is 3.15. The van der Waals surface area contributed by atoms with E-state index in [0.717, 1.165) is 26.1 Å². The number of benzene rings is 1. The van der Waals surface area contributed by atoms with Gasteiger partial charge in [-0.2, -0.15) is 5.26 Å². The Hall–Kier alpha value is -1.12. The average molecular weight is 312 g/mol. The summed E-state index contributed by atoms with van der Waals surface area (Å²) in [7, 11) is 1.93. The zero-order valence-electron chi connectivity index (χ0n) is 10.2. The molecule has 1 aromatic rings. The first-order chi connectivity index (χ1) is 8.67. The third kappa shape index (κ3) is 2.50. The van der Waals surface area contributed by atoms with E-state index >= 15 is 0 Å². The van der Waals surface area contributed by atoms with Gasteiger partial charge in [-0.15, -0.1) is 0 Å². The lowest BCUT2D eigenvalue weighted by atomic mass is 10.1. The SMILES string of the molecule is CNCC1CCN(c2ccc(C#N)c(Br)c2F)C1. The Morgan fingerprint density at radius 1 is 1.61 bits per heavy atom. The lowest BCUT2D eigenvalue weighted by Gasteiger charge is -2.20. The van der Waals surface area contributed by atoms with Gasteiger partial charge in [-0.1, -0.05) is 0 Å². The Labute approximate surface area is 115 Å². The number of halogens is 2. The van der Waals surface area contributed by atoms with Gasteiger partial charge in [0.15, 0.2) is 5.82 Å². The second-order valence-electron chi connectivity index (χ2n) is 4.53. The fourth-order valence-corrected chi connectivity index (χ4v) is 2.80. The fourth-order valence-electron chi connectivity index (χ4n) is 2.38. The predicted molar refractivity (Wildman–Crippen MR) is 73.1 cm³/mol. The Kier molecular flexibility index (Phi) is 4.20. The molecule has 1 aromatic carbocycles. The number of nitriles is 1. The molecular formula is C13H15BrFN3. The van der Waals surface area contributed by atoms with E-state index in [4.69, 9.17) is 5.26 Å². The zero-order chi connectivity index (χ0) is 13.1. The van der Waals surface area contributed by atoms with Crippen molar-refractivity contribution in [3.05, 3.63) is 28.0 Å². The van der Waals surface area contributed by atoms with Gasteiger partial charge < -0.3 is 10.2 Å². The van der Waals surface area contributed by atoms with Crippen LogP contribution in [-0.4, -0.2) is 26.7 Å². The summed E-state index contributed by atoms with van der Waals surface area (Å²) in [5, 5.41) is 12.0. The molecule has 18 heavy (non-hydrogen) atoms. The molecule has 1 aliphatic heterocycles. The second-order valence-corrected chi connectivity index (χ2v) is 5.32. The lowest BCUT2D eigenvalue weighted by Crippen LogP contribution is -2.25. The number of anilines is 1. The van der Waals surface area contributed by atoms with Crippen molar-refractivity contribution < 1.29 is 4.39 Å². The highest BCUT2D eigenvalue weighted by atomic mass is 79.9. The van der Waals surface area contributed by atoms with Gasteiger partial charge in [0.1, 0.15) is 6.07 Å². The molecule has 1 saturated heterocycles. The molecule has 0 aliphatic carbocycles. The normalized spacial score (nSPS) is 19.0. The van der Waals surface area contributed by atoms with Crippen LogP contribution in [-0.2, 0) is 0 Å². The number of hydrogen-bond donors (Lipinski definition) is 1. The molecular weight excluding hydrogens is 297 g/mol. The topological polar surface area (TPSA) is 39.1 Å². The molecule has 1 aliphatic rings. The van der Waals surface area contributed by atoms with E-state index < -0.39 is 0 Å². The number of nitrogens with zero attached hydrogens (tertiary/aromatic N) is 2. The first-order valence-electron chi connectivity index (χ1n) is 5.95. The molecule has 96 valence electrons. The Balaban J connectivity index is 2.21. The van der Waals surface area contributed by atoms with E-state index in [9.17, 15) is 4.39 Å². The van der Waals surface area contributed by atoms with Crippen LogP contribution in [0.15, 0.2) is 16.6 Å². The van der Waals surface area contributed by atoms with Gasteiger partial charge in [0.2, 0.25) is 0 Å². The molecule has 0 aromatic heterocycles. The van der Waals surface area contributed by atoms with Crippen LogP contribution in [0.4, 0.5) is 10.1 Å². The number of nitrogens with one attached hydrogen (secondary N) is 1. The molecule has 3 nitrogen and oxygen atoms in total. The van der Waals surface area contributed by atoms with E-state index in [0.29, 0.717) is 17.2 Å². The quantitative estimate of drug-likeness (QED) is 0.932. The molecule has 0 saturated carbocycles. The van der Waals surface area contributed by atoms with Gasteiger partial charge in [0.05, 0.1) is 15.7 Å². The maximum atomic E-state index is 14.2. The molecule has 0 bridgehead atoms. The average Bonchev–Trinajstić information content (AvgIpc) is 2.81. The maximum Gasteiger partial charge on any atom is 0.161 e. The van der Waals surface area contributed by atoms with Gasteiger partial charge >= 0.3 is 0 Å². The van der Waals surface area contributed by atoms with Gasteiger partial charge in [-0.3, -0.25) is 0 Å². The van der Waals surface area contributed by atoms with E-state index in [2.05, 4.69) is 21.2 Å². The minimum absolute atomic E-state index is 0.263. The van der Waals surface area contributed by atoms with Crippen molar-refractivity contribution in [1.29, 1.82) is 5.26 Å². The van der Waals surface area contributed by atoms with Crippen LogP contribution >= 0.6 is 15.9 Å². The fraction of sp³-hybridized carbons (Fsp3) is 0.462. The van der Waals surface area contributed by atoms with Crippen LogP contribution in [0, 0.1) is 23.1 Å². The van der Waals surface area contributed by atoms with Crippen LogP contribution in [0.25, 0.3) is 0 Å². The summed E-state index contributed by atoms with van der Waals surface area (Å²) in [6.45, 7) is 2.67. The molecule has 1 fully saturated rings. The first-order valence-corrected chi connectivity index (χ1v) is 6.74. The van der Waals surface area contributed by atoms with Crippen LogP contribution in [0.5, 0.6) is 0 Å². The summed E-state index contributed by atoms with van der Waals surface area (Å²) in [6, 6.07) is 5.32. The minimum Gasteiger partial charge on any atom is -0.369 e. The first kappa shape index (κ1) is 13.3. The Morgan fingerprint density at radius 2 is 2.39 bits per heavy atom. The maximum absolute atomic E-state index is 14.2. The Morgan fingerprint density at radius 3 is 3.06 bits per heavy atom. The summed E-state index contributed by atoms with van der Waals surface area (Å²) in [5.74, 6) is 0.225. The number of hydrogen-bond acceptors (Lipinski definition) is 3. The molecule has 1 heterocycles. The van der Waals surface area contributed by atoms with Gasteiger partial charge in [0.25, 0.3) is 0 Å². The third-order valence-corrected chi connectivity index (χ3v) is 4.08. The second kappa shape index (κ2) is 5.68. The molecule has 5 heteroatoms. The van der Waals surface area contributed by atoms with Gasteiger partial charge in [-0.25, -0.2) is 4.39 Å². The third-order valence-electron chi connectivity index (χ3n) is 3.30. The molecule has 1 atom stereocenters. The smallest absolute Gasteiger partial charge is 0.161 e. The van der Waals surface area contributed by atoms with Crippen molar-refractivity contribution in [2.75, 3.05) is 31.6 Å². The zero-order valence-corrected chi connectivity index (χ0v) is 11.8. The van der Waals surface area contributed by atoms with Crippen molar-refractivity contribution in [3.8, 4) is 6.07 Å². The monoisotopic (exact) mass is 311 g/mol. The highest BCUT2D eigenvalue weighted by Gasteiger charge is 2.25. The number of rotatable bonds is 3. The lowest BCUT2D eigenvalue weighted by molar-refractivity contribution is 0.547. The van der Waals surface area contributed by atoms with Gasteiger partial charge in [-0.05, 0) is 54.0 Å². The van der Waals surface area contributed by atoms with Crippen LogP contribution in [0.1, 0.15) is 12.0 Å². The minimum atomic E-state index is -0.334. The van der Waals surface area contributed by atoms with Crippen molar-refractivity contribution in [2.24, 2.45) is 5.92 Å². The van der Waals surface area contributed by atoms with Gasteiger partial charge in [0, 0.05) is 13.1 Å². The summed E-state index contributed by atoms with van der Waals surface area (Å²) in [6.07, 6.45) is 1.07. The van der Waals surface area contributed by atoms with Crippen LogP contribution in [0.2, 0.25) is 0 Å². The standard InChI is InChI=1S/C13H15BrFN3/c1-17-7-9-4-5-18(8-9)11-3-2-10(6-16)12(14)13(11)15/h2-3,9,17H,4-5,7-8H2,1H3. The van der Waals surface area contributed by atoms with Crippen molar-refractivity contribution >= 4 is 21.6 Å². The van der Waals surface area contributed by atoms with Crippen molar-refractivity contribution in [3.63, 3.8) is 0 Å². The van der Waals surface area contributed by atoms with E-state index in [-0.39, 0.29) is 10.3 Å². The molecule has 1 N–H and O–H groups in total. The largest absolute Gasteiger partial charge is 0.369 e. The van der Waals surface area contributed by atoms with Crippen molar-refractivity contribution in [1.82, 2.24) is 5.32 Å². The van der Waals surface area contributed by atoms with E-state index in [1.165, 1.54) is 0 Å².